The van der Waals surface area contributed by atoms with Crippen LogP contribution in [-0.2, 0) is 11.3 Å². The number of amides is 1. The van der Waals surface area contributed by atoms with Gasteiger partial charge < -0.3 is 10.1 Å². The van der Waals surface area contributed by atoms with Crippen LogP contribution in [0, 0.1) is 13.8 Å². The number of carbonyl (C=O) groups is 1. The van der Waals surface area contributed by atoms with E-state index in [0.717, 1.165) is 16.7 Å². The summed E-state index contributed by atoms with van der Waals surface area (Å²) in [5.41, 5.74) is 3.26. The van der Waals surface area contributed by atoms with Crippen molar-refractivity contribution in [2.75, 3.05) is 0 Å². The number of hydrogen-bond acceptors (Lipinski definition) is 4. The maximum absolute atomic E-state index is 12.6. The highest BCUT2D eigenvalue weighted by molar-refractivity contribution is 6.30. The van der Waals surface area contributed by atoms with Gasteiger partial charge in [0.25, 0.3) is 11.5 Å². The van der Waals surface area contributed by atoms with Crippen molar-refractivity contribution in [2.24, 2.45) is 0 Å². The standard InChI is InChI=1S/C23H24ClN3O3/c1-4-20(23(29)25-14-17-8-5-15(2)6-9-17)30-21-11-12-22(28)27(26-21)19-13-18(24)10-7-16(19)3/h5-13,20H,4,14H2,1-3H3,(H,25,29). The van der Waals surface area contributed by atoms with Gasteiger partial charge in [-0.3, -0.25) is 9.59 Å². The largest absolute Gasteiger partial charge is 0.463 e. The average Bonchev–Trinajstić information content (AvgIpc) is 2.74. The molecule has 1 atom stereocenters. The summed E-state index contributed by atoms with van der Waals surface area (Å²) in [6, 6.07) is 16.0. The zero-order valence-corrected chi connectivity index (χ0v) is 17.9. The molecule has 1 unspecified atom stereocenters. The van der Waals surface area contributed by atoms with Gasteiger partial charge in [-0.1, -0.05) is 54.4 Å². The lowest BCUT2D eigenvalue weighted by Gasteiger charge is -2.17. The number of aromatic nitrogens is 2. The minimum Gasteiger partial charge on any atom is -0.463 e. The molecule has 30 heavy (non-hydrogen) atoms. The Labute approximate surface area is 180 Å². The Balaban J connectivity index is 1.75. The molecule has 7 heteroatoms. The molecule has 0 saturated heterocycles. The highest BCUT2D eigenvalue weighted by atomic mass is 35.5. The van der Waals surface area contributed by atoms with Crippen LogP contribution < -0.4 is 15.6 Å². The number of rotatable bonds is 7. The normalized spacial score (nSPS) is 11.7. The number of carbonyl (C=O) groups excluding carboxylic acids is 1. The lowest BCUT2D eigenvalue weighted by molar-refractivity contribution is -0.128. The minimum atomic E-state index is -0.727. The van der Waals surface area contributed by atoms with Crippen LogP contribution in [-0.4, -0.2) is 21.8 Å². The number of nitrogens with one attached hydrogen (secondary N) is 1. The summed E-state index contributed by atoms with van der Waals surface area (Å²) in [5.74, 6) is -0.0529. The number of hydrogen-bond donors (Lipinski definition) is 1. The fourth-order valence-corrected chi connectivity index (χ4v) is 3.08. The van der Waals surface area contributed by atoms with Crippen molar-refractivity contribution in [3.8, 4) is 11.6 Å². The second kappa shape index (κ2) is 9.59. The van der Waals surface area contributed by atoms with E-state index in [0.29, 0.717) is 23.7 Å². The molecule has 1 N–H and O–H groups in total. The molecule has 0 aliphatic carbocycles. The van der Waals surface area contributed by atoms with Crippen LogP contribution in [0.5, 0.6) is 5.88 Å². The second-order valence-electron chi connectivity index (χ2n) is 7.07. The van der Waals surface area contributed by atoms with Gasteiger partial charge >= 0.3 is 0 Å². The summed E-state index contributed by atoms with van der Waals surface area (Å²) < 4.78 is 7.03. The Morgan fingerprint density at radius 3 is 2.57 bits per heavy atom. The van der Waals surface area contributed by atoms with Gasteiger partial charge in [-0.05, 0) is 43.5 Å². The van der Waals surface area contributed by atoms with E-state index < -0.39 is 6.10 Å². The summed E-state index contributed by atoms with van der Waals surface area (Å²) in [5, 5.41) is 7.67. The number of nitrogens with zero attached hydrogens (tertiary/aromatic N) is 2. The molecule has 0 bridgehead atoms. The Morgan fingerprint density at radius 2 is 1.87 bits per heavy atom. The molecule has 3 aromatic rings. The average molecular weight is 426 g/mol. The lowest BCUT2D eigenvalue weighted by atomic mass is 10.1. The Bertz CT molecular complexity index is 1090. The van der Waals surface area contributed by atoms with Gasteiger partial charge in [0.05, 0.1) is 5.69 Å². The van der Waals surface area contributed by atoms with E-state index >= 15 is 0 Å². The quantitative estimate of drug-likeness (QED) is 0.621. The molecule has 6 nitrogen and oxygen atoms in total. The van der Waals surface area contributed by atoms with Gasteiger partial charge in [-0.2, -0.15) is 4.68 Å². The van der Waals surface area contributed by atoms with Crippen molar-refractivity contribution in [1.82, 2.24) is 15.1 Å². The topological polar surface area (TPSA) is 73.2 Å². The van der Waals surface area contributed by atoms with Crippen molar-refractivity contribution < 1.29 is 9.53 Å². The highest BCUT2D eigenvalue weighted by Gasteiger charge is 2.19. The van der Waals surface area contributed by atoms with Gasteiger partial charge in [0, 0.05) is 23.7 Å². The fourth-order valence-electron chi connectivity index (χ4n) is 2.92. The summed E-state index contributed by atoms with van der Waals surface area (Å²) in [4.78, 5) is 24.9. The predicted molar refractivity (Wildman–Crippen MR) is 117 cm³/mol. The molecule has 3 rings (SSSR count). The predicted octanol–water partition coefficient (Wildman–Crippen LogP) is 3.98. The van der Waals surface area contributed by atoms with Crippen LogP contribution >= 0.6 is 11.6 Å². The molecule has 1 aromatic heterocycles. The van der Waals surface area contributed by atoms with Gasteiger partial charge in [-0.25, -0.2) is 0 Å². The lowest BCUT2D eigenvalue weighted by Crippen LogP contribution is -2.38. The first-order valence-electron chi connectivity index (χ1n) is 9.74. The van der Waals surface area contributed by atoms with E-state index in [1.54, 1.807) is 12.1 Å². The summed E-state index contributed by atoms with van der Waals surface area (Å²) >= 11 is 6.07. The van der Waals surface area contributed by atoms with Crippen LogP contribution in [0.15, 0.2) is 59.4 Å². The molecule has 0 spiro atoms. The van der Waals surface area contributed by atoms with Crippen LogP contribution in [0.3, 0.4) is 0 Å². The Kier molecular flexibility index (Phi) is 6.90. The van der Waals surface area contributed by atoms with E-state index in [2.05, 4.69) is 10.4 Å². The summed E-state index contributed by atoms with van der Waals surface area (Å²) in [6.07, 6.45) is -0.272. The van der Waals surface area contributed by atoms with Gasteiger partial charge in [0.15, 0.2) is 6.10 Å². The van der Waals surface area contributed by atoms with Crippen LogP contribution in [0.1, 0.15) is 30.0 Å². The van der Waals surface area contributed by atoms with Crippen molar-refractivity contribution in [3.05, 3.63) is 86.7 Å². The summed E-state index contributed by atoms with van der Waals surface area (Å²) in [6.45, 7) is 6.14. The number of halogens is 1. The maximum Gasteiger partial charge on any atom is 0.271 e. The maximum atomic E-state index is 12.6. The fraction of sp³-hybridized carbons (Fsp3) is 0.261. The van der Waals surface area contributed by atoms with Crippen LogP contribution in [0.2, 0.25) is 5.02 Å². The molecular formula is C23H24ClN3O3. The van der Waals surface area contributed by atoms with Crippen molar-refractivity contribution in [3.63, 3.8) is 0 Å². The van der Waals surface area contributed by atoms with E-state index in [1.165, 1.54) is 16.8 Å². The molecular weight excluding hydrogens is 402 g/mol. The Morgan fingerprint density at radius 1 is 1.13 bits per heavy atom. The molecule has 2 aromatic carbocycles. The summed E-state index contributed by atoms with van der Waals surface area (Å²) in [7, 11) is 0. The highest BCUT2D eigenvalue weighted by Crippen LogP contribution is 2.19. The van der Waals surface area contributed by atoms with E-state index in [1.807, 2.05) is 51.1 Å². The van der Waals surface area contributed by atoms with E-state index in [9.17, 15) is 9.59 Å². The van der Waals surface area contributed by atoms with E-state index in [4.69, 9.17) is 16.3 Å². The zero-order valence-electron chi connectivity index (χ0n) is 17.2. The van der Waals surface area contributed by atoms with Crippen molar-refractivity contribution in [1.29, 1.82) is 0 Å². The smallest absolute Gasteiger partial charge is 0.271 e. The van der Waals surface area contributed by atoms with E-state index in [-0.39, 0.29) is 17.3 Å². The number of aryl methyl sites for hydroxylation is 2. The molecule has 0 aliphatic rings. The molecule has 1 heterocycles. The third-order valence-corrected chi connectivity index (χ3v) is 4.92. The Hall–Kier alpha value is -3.12. The van der Waals surface area contributed by atoms with Crippen molar-refractivity contribution >= 4 is 17.5 Å². The third kappa shape index (κ3) is 5.27. The molecule has 156 valence electrons. The zero-order chi connectivity index (χ0) is 21.7. The van der Waals surface area contributed by atoms with Crippen molar-refractivity contribution in [2.45, 2.75) is 39.8 Å². The van der Waals surface area contributed by atoms with Crippen LogP contribution in [0.25, 0.3) is 5.69 Å². The minimum absolute atomic E-state index is 0.186. The molecule has 0 saturated carbocycles. The second-order valence-corrected chi connectivity index (χ2v) is 7.51. The molecule has 0 radical (unpaired) electrons. The van der Waals surface area contributed by atoms with Gasteiger partial charge in [-0.15, -0.1) is 5.10 Å². The monoisotopic (exact) mass is 425 g/mol. The third-order valence-electron chi connectivity index (χ3n) is 4.69. The molecule has 1 amide bonds. The molecule has 0 aliphatic heterocycles. The first-order valence-corrected chi connectivity index (χ1v) is 10.1. The first-order chi connectivity index (χ1) is 14.4. The number of ether oxygens (including phenoxy) is 1. The first kappa shape index (κ1) is 21.6. The van der Waals surface area contributed by atoms with Gasteiger partial charge in [0.1, 0.15) is 0 Å². The van der Waals surface area contributed by atoms with Crippen LogP contribution in [0.4, 0.5) is 0 Å². The SMILES string of the molecule is CCC(Oc1ccc(=O)n(-c2cc(Cl)ccc2C)n1)C(=O)NCc1ccc(C)cc1. The number of benzene rings is 2. The van der Waals surface area contributed by atoms with Gasteiger partial charge in [0.2, 0.25) is 5.88 Å². The molecule has 0 fully saturated rings.